The number of carbonyl (C=O) groups excluding carboxylic acids is 1. The Balaban J connectivity index is 2.10. The number of nitrogens with one attached hydrogen (secondary N) is 1. The number of nitrogens with zero attached hydrogens (tertiary/aromatic N) is 1. The summed E-state index contributed by atoms with van der Waals surface area (Å²) in [4.78, 5) is 22.8. The average molecular weight is 346 g/mol. The Hall–Kier alpha value is -2.21. The first-order valence-corrected chi connectivity index (χ1v) is 8.90. The second-order valence-electron chi connectivity index (χ2n) is 5.61. The van der Waals surface area contributed by atoms with Crippen LogP contribution in [-0.2, 0) is 4.79 Å². The summed E-state index contributed by atoms with van der Waals surface area (Å²) in [7, 11) is 0. The van der Waals surface area contributed by atoms with E-state index in [1.54, 1.807) is 0 Å². The summed E-state index contributed by atoms with van der Waals surface area (Å²) >= 11 is 1.29. The van der Waals surface area contributed by atoms with Gasteiger partial charge in [-0.15, -0.1) is 11.8 Å². The van der Waals surface area contributed by atoms with Crippen LogP contribution < -0.4 is 5.32 Å². The van der Waals surface area contributed by atoms with Crippen LogP contribution in [0, 0.1) is 20.8 Å². The molecule has 0 fully saturated rings. The van der Waals surface area contributed by atoms with Crippen molar-refractivity contribution in [3.8, 4) is 5.69 Å². The largest absolute Gasteiger partial charge is 0.481 e. The zero-order valence-electron chi connectivity index (χ0n) is 14.1. The Morgan fingerprint density at radius 3 is 2.58 bits per heavy atom. The van der Waals surface area contributed by atoms with Crippen molar-refractivity contribution in [3.05, 3.63) is 52.8 Å². The topological polar surface area (TPSA) is 71.3 Å². The average Bonchev–Trinajstić information content (AvgIpc) is 2.82. The van der Waals surface area contributed by atoms with Crippen LogP contribution in [-0.4, -0.2) is 39.6 Å². The quantitative estimate of drug-likeness (QED) is 0.756. The molecule has 2 rings (SSSR count). The van der Waals surface area contributed by atoms with Gasteiger partial charge in [0.05, 0.1) is 11.3 Å². The molecule has 0 saturated carbocycles. The van der Waals surface area contributed by atoms with E-state index < -0.39 is 5.97 Å². The first-order chi connectivity index (χ1) is 11.4. The van der Waals surface area contributed by atoms with E-state index >= 15 is 0 Å². The van der Waals surface area contributed by atoms with Crippen LogP contribution in [0.1, 0.15) is 27.3 Å². The Kier molecular flexibility index (Phi) is 6.09. The molecule has 0 bridgehead atoms. The highest BCUT2D eigenvalue weighted by Gasteiger charge is 2.17. The van der Waals surface area contributed by atoms with Crippen LogP contribution in [0.3, 0.4) is 0 Å². The lowest BCUT2D eigenvalue weighted by Crippen LogP contribution is -2.26. The first kappa shape index (κ1) is 18.1. The van der Waals surface area contributed by atoms with Gasteiger partial charge in [0.15, 0.2) is 0 Å². The summed E-state index contributed by atoms with van der Waals surface area (Å²) in [6.45, 7) is 6.42. The van der Waals surface area contributed by atoms with Crippen molar-refractivity contribution in [2.24, 2.45) is 0 Å². The molecule has 0 aliphatic heterocycles. The number of carboxylic acid groups (broad SMARTS) is 1. The van der Waals surface area contributed by atoms with Crippen molar-refractivity contribution in [2.75, 3.05) is 18.1 Å². The summed E-state index contributed by atoms with van der Waals surface area (Å²) in [5.41, 5.74) is 4.78. The molecule has 0 spiro atoms. The normalized spacial score (nSPS) is 10.6. The monoisotopic (exact) mass is 346 g/mol. The second kappa shape index (κ2) is 8.06. The van der Waals surface area contributed by atoms with Crippen LogP contribution in [0.2, 0.25) is 0 Å². The second-order valence-corrected chi connectivity index (χ2v) is 6.71. The Morgan fingerprint density at radius 1 is 1.21 bits per heavy atom. The van der Waals surface area contributed by atoms with E-state index in [4.69, 9.17) is 5.11 Å². The minimum Gasteiger partial charge on any atom is -0.481 e. The van der Waals surface area contributed by atoms with Crippen molar-refractivity contribution in [2.45, 2.75) is 20.8 Å². The molecule has 2 aromatic rings. The molecule has 24 heavy (non-hydrogen) atoms. The van der Waals surface area contributed by atoms with Crippen molar-refractivity contribution < 1.29 is 14.7 Å². The summed E-state index contributed by atoms with van der Waals surface area (Å²) in [5, 5.41) is 11.4. The van der Waals surface area contributed by atoms with Crippen LogP contribution >= 0.6 is 11.8 Å². The fourth-order valence-electron chi connectivity index (χ4n) is 2.67. The van der Waals surface area contributed by atoms with Crippen molar-refractivity contribution in [1.82, 2.24) is 9.88 Å². The molecule has 0 unspecified atom stereocenters. The third-order valence-electron chi connectivity index (χ3n) is 3.79. The van der Waals surface area contributed by atoms with E-state index in [1.807, 2.05) is 51.1 Å². The van der Waals surface area contributed by atoms with Gasteiger partial charge >= 0.3 is 5.97 Å². The molecule has 0 saturated heterocycles. The molecule has 128 valence electrons. The zero-order valence-corrected chi connectivity index (χ0v) is 14.9. The maximum atomic E-state index is 12.4. The van der Waals surface area contributed by atoms with E-state index in [1.165, 1.54) is 11.8 Å². The lowest BCUT2D eigenvalue weighted by atomic mass is 10.2. The van der Waals surface area contributed by atoms with Gasteiger partial charge in [0.2, 0.25) is 0 Å². The van der Waals surface area contributed by atoms with Gasteiger partial charge in [-0.05, 0) is 38.5 Å². The molecule has 0 radical (unpaired) electrons. The molecule has 1 amide bonds. The number of carbonyl (C=O) groups is 2. The number of benzene rings is 1. The lowest BCUT2D eigenvalue weighted by Gasteiger charge is -2.12. The number of aryl methyl sites for hydroxylation is 2. The van der Waals surface area contributed by atoms with Crippen LogP contribution in [0.5, 0.6) is 0 Å². The summed E-state index contributed by atoms with van der Waals surface area (Å²) in [6.07, 6.45) is 0. The fraction of sp³-hybridized carbons (Fsp3) is 0.333. The highest BCUT2D eigenvalue weighted by atomic mass is 32.2. The van der Waals surface area contributed by atoms with Crippen LogP contribution in [0.25, 0.3) is 5.69 Å². The Bertz CT molecular complexity index is 753. The minimum atomic E-state index is -0.840. The molecule has 0 aliphatic carbocycles. The number of aliphatic carboxylic acids is 1. The van der Waals surface area contributed by atoms with Gasteiger partial charge in [-0.1, -0.05) is 18.2 Å². The maximum absolute atomic E-state index is 12.4. The zero-order chi connectivity index (χ0) is 17.7. The van der Waals surface area contributed by atoms with Crippen molar-refractivity contribution in [3.63, 3.8) is 0 Å². The van der Waals surface area contributed by atoms with Crippen LogP contribution in [0.4, 0.5) is 0 Å². The SMILES string of the molecule is Cc1ccccc1-n1c(C)cc(C(=O)NCCSCC(=O)O)c1C. The Morgan fingerprint density at radius 2 is 1.92 bits per heavy atom. The molecule has 2 N–H and O–H groups in total. The number of para-hydroxylation sites is 1. The Labute approximate surface area is 146 Å². The van der Waals surface area contributed by atoms with E-state index in [0.717, 1.165) is 22.6 Å². The third kappa shape index (κ3) is 4.20. The number of aromatic nitrogens is 1. The van der Waals surface area contributed by atoms with E-state index in [0.29, 0.717) is 17.9 Å². The molecule has 6 heteroatoms. The lowest BCUT2D eigenvalue weighted by molar-refractivity contribution is -0.133. The number of rotatable bonds is 7. The van der Waals surface area contributed by atoms with Crippen LogP contribution in [0.15, 0.2) is 30.3 Å². The first-order valence-electron chi connectivity index (χ1n) is 7.74. The number of hydrogen-bond donors (Lipinski definition) is 2. The van der Waals surface area contributed by atoms with Gasteiger partial charge < -0.3 is 15.0 Å². The molecular weight excluding hydrogens is 324 g/mol. The predicted molar refractivity (Wildman–Crippen MR) is 97.3 cm³/mol. The third-order valence-corrected chi connectivity index (χ3v) is 4.73. The molecule has 1 aromatic heterocycles. The number of carboxylic acids is 1. The number of thioether (sulfide) groups is 1. The fourth-order valence-corrected chi connectivity index (χ4v) is 3.23. The molecule has 1 aromatic carbocycles. The van der Waals surface area contributed by atoms with Crippen molar-refractivity contribution in [1.29, 1.82) is 0 Å². The molecule has 0 aliphatic rings. The predicted octanol–water partition coefficient (Wildman–Crippen LogP) is 2.95. The van der Waals surface area contributed by atoms with Crippen molar-refractivity contribution >= 4 is 23.6 Å². The summed E-state index contributed by atoms with van der Waals surface area (Å²) in [6, 6.07) is 9.96. The van der Waals surface area contributed by atoms with Gasteiger partial charge in [0, 0.05) is 29.4 Å². The molecule has 0 atom stereocenters. The highest BCUT2D eigenvalue weighted by molar-refractivity contribution is 7.99. The smallest absolute Gasteiger partial charge is 0.313 e. The summed E-state index contributed by atoms with van der Waals surface area (Å²) in [5.74, 6) is -0.335. The van der Waals surface area contributed by atoms with Gasteiger partial charge in [0.25, 0.3) is 5.91 Å². The van der Waals surface area contributed by atoms with Gasteiger partial charge in [-0.25, -0.2) is 0 Å². The molecule has 1 heterocycles. The van der Waals surface area contributed by atoms with E-state index in [-0.39, 0.29) is 11.7 Å². The van der Waals surface area contributed by atoms with E-state index in [2.05, 4.69) is 9.88 Å². The van der Waals surface area contributed by atoms with Gasteiger partial charge in [-0.2, -0.15) is 0 Å². The van der Waals surface area contributed by atoms with Gasteiger partial charge in [0.1, 0.15) is 0 Å². The van der Waals surface area contributed by atoms with Gasteiger partial charge in [-0.3, -0.25) is 9.59 Å². The number of hydrogen-bond acceptors (Lipinski definition) is 3. The minimum absolute atomic E-state index is 0.0532. The maximum Gasteiger partial charge on any atom is 0.313 e. The molecule has 5 nitrogen and oxygen atoms in total. The van der Waals surface area contributed by atoms with E-state index in [9.17, 15) is 9.59 Å². The summed E-state index contributed by atoms with van der Waals surface area (Å²) < 4.78 is 2.09. The highest BCUT2D eigenvalue weighted by Crippen LogP contribution is 2.23. The number of amides is 1. The molecular formula is C18H22N2O3S. The standard InChI is InChI=1S/C18H22N2O3S/c1-12-6-4-5-7-16(12)20-13(2)10-15(14(20)3)18(23)19-8-9-24-11-17(21)22/h4-7,10H,8-9,11H2,1-3H3,(H,19,23)(H,21,22).